The average molecular weight is 548 g/mol. The van der Waals surface area contributed by atoms with Crippen LogP contribution in [0.25, 0.3) is 11.3 Å². The minimum atomic E-state index is -4.04. The zero-order valence-corrected chi connectivity index (χ0v) is 22.4. The number of sulfonamides is 1. The van der Waals surface area contributed by atoms with Gasteiger partial charge in [0.1, 0.15) is 28.6 Å². The molecule has 0 atom stereocenters. The number of anilines is 3. The van der Waals surface area contributed by atoms with E-state index in [9.17, 15) is 12.8 Å². The maximum atomic E-state index is 13.9. The lowest BCUT2D eigenvalue weighted by molar-refractivity contribution is 0.160. The smallest absolute Gasteiger partial charge is 0.264 e. The molecule has 0 aliphatic carbocycles. The van der Waals surface area contributed by atoms with Crippen LogP contribution in [0, 0.1) is 11.7 Å². The van der Waals surface area contributed by atoms with Crippen molar-refractivity contribution in [2.75, 3.05) is 36.8 Å². The number of nitrogens with zero attached hydrogens (tertiary/aromatic N) is 3. The maximum absolute atomic E-state index is 13.9. The molecule has 2 N–H and O–H groups in total. The third-order valence-electron chi connectivity index (χ3n) is 6.68. The van der Waals surface area contributed by atoms with E-state index in [0.29, 0.717) is 23.1 Å². The van der Waals surface area contributed by atoms with Crippen LogP contribution in [0.1, 0.15) is 12.8 Å². The highest BCUT2D eigenvalue weighted by Crippen LogP contribution is 2.26. The summed E-state index contributed by atoms with van der Waals surface area (Å²) in [4.78, 5) is 10.6. The molecule has 1 fully saturated rings. The molecule has 0 radical (unpaired) electrons. The SMILES string of the molecule is CN1CCC(COc2ccc(-c3cc(Nc4ccc(NS(=O)(=O)c5ccccc5F)cc4)ncn3)cc2)CC1. The molecule has 0 amide bonds. The number of halogens is 1. The molecule has 0 bridgehead atoms. The van der Waals surface area contributed by atoms with E-state index >= 15 is 0 Å². The molecule has 2 heterocycles. The van der Waals surface area contributed by atoms with Gasteiger partial charge in [0, 0.05) is 23.0 Å². The molecule has 1 aliphatic heterocycles. The molecule has 0 unspecified atom stereocenters. The topological polar surface area (TPSA) is 96.5 Å². The van der Waals surface area contributed by atoms with Crippen molar-refractivity contribution in [3.05, 3.63) is 91.0 Å². The minimum Gasteiger partial charge on any atom is -0.493 e. The molecule has 10 heteroatoms. The molecule has 4 aromatic rings. The fourth-order valence-corrected chi connectivity index (χ4v) is 5.53. The van der Waals surface area contributed by atoms with Gasteiger partial charge < -0.3 is 15.0 Å². The lowest BCUT2D eigenvalue weighted by atomic mass is 9.98. The summed E-state index contributed by atoms with van der Waals surface area (Å²) in [7, 11) is -1.89. The first-order chi connectivity index (χ1) is 18.9. The van der Waals surface area contributed by atoms with Gasteiger partial charge in [-0.15, -0.1) is 0 Å². The second-order valence-corrected chi connectivity index (χ2v) is 11.3. The number of ether oxygens (including phenoxy) is 1. The normalized spacial score (nSPS) is 14.6. The van der Waals surface area contributed by atoms with E-state index in [2.05, 4.69) is 32.0 Å². The number of hydrogen-bond donors (Lipinski definition) is 2. The van der Waals surface area contributed by atoms with Crippen LogP contribution in [0.5, 0.6) is 5.75 Å². The summed E-state index contributed by atoms with van der Waals surface area (Å²) in [6.45, 7) is 2.98. The predicted molar refractivity (Wildman–Crippen MR) is 150 cm³/mol. The molecule has 0 spiro atoms. The highest BCUT2D eigenvalue weighted by Gasteiger charge is 2.19. The van der Waals surface area contributed by atoms with Crippen LogP contribution < -0.4 is 14.8 Å². The molecule has 1 aliphatic rings. The van der Waals surface area contributed by atoms with Gasteiger partial charge in [0.25, 0.3) is 10.0 Å². The first-order valence-electron chi connectivity index (χ1n) is 12.7. The number of rotatable bonds is 9. The lowest BCUT2D eigenvalue weighted by Crippen LogP contribution is -2.32. The molecular formula is C29H30FN5O3S. The summed E-state index contributed by atoms with van der Waals surface area (Å²) in [6.07, 6.45) is 3.81. The van der Waals surface area contributed by atoms with Crippen molar-refractivity contribution >= 4 is 27.2 Å². The minimum absolute atomic E-state index is 0.310. The molecule has 0 saturated carbocycles. The Hall–Kier alpha value is -4.02. The van der Waals surface area contributed by atoms with E-state index in [0.717, 1.165) is 55.6 Å². The predicted octanol–water partition coefficient (Wildman–Crippen LogP) is 5.55. The number of hydrogen-bond acceptors (Lipinski definition) is 7. The van der Waals surface area contributed by atoms with Crippen LogP contribution in [0.4, 0.5) is 21.6 Å². The largest absolute Gasteiger partial charge is 0.493 e. The van der Waals surface area contributed by atoms with Gasteiger partial charge in [-0.3, -0.25) is 4.72 Å². The first-order valence-corrected chi connectivity index (χ1v) is 14.2. The summed E-state index contributed by atoms with van der Waals surface area (Å²) >= 11 is 0. The van der Waals surface area contributed by atoms with Gasteiger partial charge in [-0.1, -0.05) is 12.1 Å². The van der Waals surface area contributed by atoms with Crippen LogP contribution >= 0.6 is 0 Å². The molecule has 3 aromatic carbocycles. The van der Waals surface area contributed by atoms with E-state index < -0.39 is 20.7 Å². The number of aromatic nitrogens is 2. The third-order valence-corrected chi connectivity index (χ3v) is 8.09. The van der Waals surface area contributed by atoms with Gasteiger partial charge in [-0.05, 0) is 99.6 Å². The number of benzene rings is 3. The quantitative estimate of drug-likeness (QED) is 0.284. The Labute approximate surface area is 227 Å². The van der Waals surface area contributed by atoms with Crippen molar-refractivity contribution in [3.63, 3.8) is 0 Å². The summed E-state index contributed by atoms with van der Waals surface area (Å²) < 4.78 is 47.4. The highest BCUT2D eigenvalue weighted by atomic mass is 32.2. The highest BCUT2D eigenvalue weighted by molar-refractivity contribution is 7.92. The van der Waals surface area contributed by atoms with Crippen molar-refractivity contribution in [2.45, 2.75) is 17.7 Å². The van der Waals surface area contributed by atoms with Gasteiger partial charge in [-0.2, -0.15) is 0 Å². The molecule has 39 heavy (non-hydrogen) atoms. The zero-order chi connectivity index (χ0) is 27.2. The second-order valence-electron chi connectivity index (χ2n) is 9.61. The van der Waals surface area contributed by atoms with E-state index in [-0.39, 0.29) is 0 Å². The first kappa shape index (κ1) is 26.6. The summed E-state index contributed by atoms with van der Waals surface area (Å²) in [5, 5.41) is 3.20. The average Bonchev–Trinajstić information content (AvgIpc) is 2.94. The van der Waals surface area contributed by atoms with E-state index in [1.165, 1.54) is 24.5 Å². The van der Waals surface area contributed by atoms with Crippen molar-refractivity contribution < 1.29 is 17.5 Å². The Morgan fingerprint density at radius 2 is 1.64 bits per heavy atom. The summed E-state index contributed by atoms with van der Waals surface area (Å²) in [5.74, 6) is 1.22. The lowest BCUT2D eigenvalue weighted by Gasteiger charge is -2.28. The van der Waals surface area contributed by atoms with Crippen molar-refractivity contribution in [1.82, 2.24) is 14.9 Å². The zero-order valence-electron chi connectivity index (χ0n) is 21.5. The monoisotopic (exact) mass is 547 g/mol. The van der Waals surface area contributed by atoms with Crippen molar-refractivity contribution in [1.29, 1.82) is 0 Å². The standard InChI is InChI=1S/C29H30FN5O3S/c1-35-16-14-21(15-17-35)19-38-25-12-6-22(7-13-25)27-18-29(32-20-31-27)33-23-8-10-24(11-9-23)34-39(36,37)28-5-3-2-4-26(28)30/h2-13,18,20-21,34H,14-17,19H2,1H3,(H,31,32,33). The molecule has 1 aromatic heterocycles. The van der Waals surface area contributed by atoms with E-state index in [1.54, 1.807) is 24.3 Å². The Bertz CT molecular complexity index is 1510. The van der Waals surface area contributed by atoms with Crippen LogP contribution in [0.15, 0.2) is 90.1 Å². The number of likely N-dealkylation sites (tertiary alicyclic amines) is 1. The summed E-state index contributed by atoms with van der Waals surface area (Å²) in [6, 6.07) is 21.5. The van der Waals surface area contributed by atoms with E-state index in [4.69, 9.17) is 4.74 Å². The Morgan fingerprint density at radius 1 is 0.949 bits per heavy atom. The number of piperidine rings is 1. The second kappa shape index (κ2) is 11.8. The van der Waals surface area contributed by atoms with Gasteiger partial charge in [0.05, 0.1) is 12.3 Å². The third kappa shape index (κ3) is 6.90. The van der Waals surface area contributed by atoms with Gasteiger partial charge in [-0.25, -0.2) is 22.8 Å². The molecule has 202 valence electrons. The molecule has 1 saturated heterocycles. The Morgan fingerprint density at radius 3 is 2.36 bits per heavy atom. The molecule has 5 rings (SSSR count). The van der Waals surface area contributed by atoms with Crippen LogP contribution in [-0.2, 0) is 10.0 Å². The van der Waals surface area contributed by atoms with Crippen LogP contribution in [-0.4, -0.2) is 50.0 Å². The molecular weight excluding hydrogens is 517 g/mol. The summed E-state index contributed by atoms with van der Waals surface area (Å²) in [5.41, 5.74) is 2.70. The van der Waals surface area contributed by atoms with Gasteiger partial charge in [0.15, 0.2) is 0 Å². The fraction of sp³-hybridized carbons (Fsp3) is 0.241. The number of nitrogens with one attached hydrogen (secondary N) is 2. The van der Waals surface area contributed by atoms with Gasteiger partial charge >= 0.3 is 0 Å². The van der Waals surface area contributed by atoms with Crippen molar-refractivity contribution in [2.24, 2.45) is 5.92 Å². The van der Waals surface area contributed by atoms with Gasteiger partial charge in [0.2, 0.25) is 0 Å². The van der Waals surface area contributed by atoms with Crippen molar-refractivity contribution in [3.8, 4) is 17.0 Å². The molecule has 8 nitrogen and oxygen atoms in total. The Kier molecular flexibility index (Phi) is 8.04. The Balaban J connectivity index is 1.19. The van der Waals surface area contributed by atoms with Crippen LogP contribution in [0.3, 0.4) is 0 Å². The van der Waals surface area contributed by atoms with E-state index in [1.807, 2.05) is 30.3 Å². The fourth-order valence-electron chi connectivity index (χ4n) is 4.39. The maximum Gasteiger partial charge on any atom is 0.264 e. The van der Waals surface area contributed by atoms with Crippen LogP contribution in [0.2, 0.25) is 0 Å².